The molecule has 1 N–H and O–H groups in total. The molecule has 17 heavy (non-hydrogen) atoms. The minimum atomic E-state index is -0.159. The van der Waals surface area contributed by atoms with Gasteiger partial charge in [0.1, 0.15) is 10.8 Å². The molecule has 1 amide bonds. The van der Waals surface area contributed by atoms with Gasteiger partial charge in [0.25, 0.3) is 5.91 Å². The number of halogens is 1. The highest BCUT2D eigenvalue weighted by atomic mass is 35.5. The lowest BCUT2D eigenvalue weighted by Crippen LogP contribution is -2.41. The zero-order chi connectivity index (χ0) is 12.3. The van der Waals surface area contributed by atoms with E-state index < -0.39 is 0 Å². The van der Waals surface area contributed by atoms with Gasteiger partial charge in [-0.15, -0.1) is 0 Å². The second-order valence-corrected chi connectivity index (χ2v) is 4.95. The van der Waals surface area contributed by atoms with E-state index in [1.807, 2.05) is 0 Å². The van der Waals surface area contributed by atoms with Crippen LogP contribution in [0.5, 0.6) is 0 Å². The number of amides is 1. The second kappa shape index (κ2) is 5.45. The Morgan fingerprint density at radius 2 is 2.12 bits per heavy atom. The first-order chi connectivity index (χ1) is 8.16. The number of nitrogens with one attached hydrogen (secondary N) is 1. The zero-order valence-electron chi connectivity index (χ0n) is 9.82. The molecule has 0 radical (unpaired) electrons. The summed E-state index contributed by atoms with van der Waals surface area (Å²) < 4.78 is 0. The quantitative estimate of drug-likeness (QED) is 0.881. The van der Waals surface area contributed by atoms with Gasteiger partial charge in [-0.3, -0.25) is 4.79 Å². The van der Waals surface area contributed by atoms with E-state index in [2.05, 4.69) is 22.2 Å². The molecule has 1 aliphatic carbocycles. The van der Waals surface area contributed by atoms with E-state index >= 15 is 0 Å². The van der Waals surface area contributed by atoms with Gasteiger partial charge in [-0.1, -0.05) is 31.4 Å². The monoisotopic (exact) mass is 253 g/mol. The molecule has 0 saturated heterocycles. The van der Waals surface area contributed by atoms with Crippen molar-refractivity contribution in [1.29, 1.82) is 0 Å². The molecule has 2 atom stereocenters. The third-order valence-electron chi connectivity index (χ3n) is 3.28. The van der Waals surface area contributed by atoms with Crippen LogP contribution in [0.15, 0.2) is 12.4 Å². The number of carbonyl (C=O) groups is 1. The predicted molar refractivity (Wildman–Crippen MR) is 65.9 cm³/mol. The molecule has 0 aromatic carbocycles. The Morgan fingerprint density at radius 3 is 2.76 bits per heavy atom. The Morgan fingerprint density at radius 1 is 1.35 bits per heavy atom. The van der Waals surface area contributed by atoms with E-state index in [1.54, 1.807) is 0 Å². The lowest BCUT2D eigenvalue weighted by Gasteiger charge is -2.29. The first-order valence-corrected chi connectivity index (χ1v) is 6.33. The lowest BCUT2D eigenvalue weighted by molar-refractivity contribution is 0.0905. The number of carbonyl (C=O) groups excluding carboxylic acids is 1. The van der Waals surface area contributed by atoms with Crippen LogP contribution in [-0.4, -0.2) is 21.9 Å². The number of rotatable bonds is 2. The van der Waals surface area contributed by atoms with Crippen molar-refractivity contribution in [2.45, 2.75) is 38.6 Å². The maximum absolute atomic E-state index is 11.9. The van der Waals surface area contributed by atoms with Gasteiger partial charge in [0.05, 0.1) is 12.4 Å². The van der Waals surface area contributed by atoms with Gasteiger partial charge in [-0.05, 0) is 18.8 Å². The van der Waals surface area contributed by atoms with Crippen molar-refractivity contribution in [3.8, 4) is 0 Å². The summed E-state index contributed by atoms with van der Waals surface area (Å²) in [4.78, 5) is 19.7. The molecule has 1 heterocycles. The van der Waals surface area contributed by atoms with E-state index in [0.717, 1.165) is 6.42 Å². The molecule has 5 heteroatoms. The summed E-state index contributed by atoms with van der Waals surface area (Å²) in [5.74, 6) is 0.376. The van der Waals surface area contributed by atoms with Crippen LogP contribution >= 0.6 is 11.6 Å². The minimum absolute atomic E-state index is 0.159. The highest BCUT2D eigenvalue weighted by molar-refractivity contribution is 6.29. The van der Waals surface area contributed by atoms with Crippen molar-refractivity contribution < 1.29 is 4.79 Å². The van der Waals surface area contributed by atoms with E-state index in [9.17, 15) is 4.79 Å². The summed E-state index contributed by atoms with van der Waals surface area (Å²) >= 11 is 5.63. The van der Waals surface area contributed by atoms with Crippen molar-refractivity contribution in [3.63, 3.8) is 0 Å². The van der Waals surface area contributed by atoms with E-state index in [0.29, 0.717) is 16.8 Å². The lowest BCUT2D eigenvalue weighted by atomic mass is 9.86. The molecule has 0 aliphatic heterocycles. The summed E-state index contributed by atoms with van der Waals surface area (Å²) in [6.07, 6.45) is 7.47. The van der Waals surface area contributed by atoms with E-state index in [1.165, 1.54) is 31.7 Å². The van der Waals surface area contributed by atoms with Gasteiger partial charge >= 0.3 is 0 Å². The molecule has 1 fully saturated rings. The Kier molecular flexibility index (Phi) is 3.94. The van der Waals surface area contributed by atoms with Crippen molar-refractivity contribution >= 4 is 17.5 Å². The highest BCUT2D eigenvalue weighted by Crippen LogP contribution is 2.23. The Labute approximate surface area is 106 Å². The smallest absolute Gasteiger partial charge is 0.271 e. The topological polar surface area (TPSA) is 54.9 Å². The van der Waals surface area contributed by atoms with Crippen LogP contribution in [0.25, 0.3) is 0 Å². The van der Waals surface area contributed by atoms with E-state index in [4.69, 9.17) is 11.6 Å². The van der Waals surface area contributed by atoms with Gasteiger partial charge in [0.2, 0.25) is 0 Å². The van der Waals surface area contributed by atoms with Crippen LogP contribution < -0.4 is 5.32 Å². The van der Waals surface area contributed by atoms with Crippen LogP contribution in [0, 0.1) is 5.92 Å². The summed E-state index contributed by atoms with van der Waals surface area (Å²) in [5, 5.41) is 3.32. The molecular weight excluding hydrogens is 238 g/mol. The molecule has 4 nitrogen and oxygen atoms in total. The molecule has 92 valence electrons. The largest absolute Gasteiger partial charge is 0.348 e. The highest BCUT2D eigenvalue weighted by Gasteiger charge is 2.23. The SMILES string of the molecule is CC1CCCCC1NC(=O)c1cnc(Cl)cn1. The van der Waals surface area contributed by atoms with E-state index in [-0.39, 0.29) is 11.9 Å². The van der Waals surface area contributed by atoms with Crippen LogP contribution in [0.1, 0.15) is 43.1 Å². The maximum Gasteiger partial charge on any atom is 0.271 e. The van der Waals surface area contributed by atoms with Crippen molar-refractivity contribution in [3.05, 3.63) is 23.2 Å². The maximum atomic E-state index is 11.9. The zero-order valence-corrected chi connectivity index (χ0v) is 10.6. The van der Waals surface area contributed by atoms with Gasteiger partial charge in [-0.2, -0.15) is 0 Å². The van der Waals surface area contributed by atoms with Crippen LogP contribution in [0.4, 0.5) is 0 Å². The second-order valence-electron chi connectivity index (χ2n) is 4.57. The summed E-state index contributed by atoms with van der Waals surface area (Å²) in [6.45, 7) is 2.18. The molecule has 1 saturated carbocycles. The summed E-state index contributed by atoms with van der Waals surface area (Å²) in [6, 6.07) is 0.258. The average molecular weight is 254 g/mol. The van der Waals surface area contributed by atoms with Crippen molar-refractivity contribution in [1.82, 2.24) is 15.3 Å². The number of hydrogen-bond donors (Lipinski definition) is 1. The van der Waals surface area contributed by atoms with Gasteiger partial charge in [-0.25, -0.2) is 9.97 Å². The van der Waals surface area contributed by atoms with Crippen molar-refractivity contribution in [2.75, 3.05) is 0 Å². The van der Waals surface area contributed by atoms with Crippen LogP contribution in [-0.2, 0) is 0 Å². The standard InChI is InChI=1S/C12H16ClN3O/c1-8-4-2-3-5-9(8)16-12(17)10-6-15-11(13)7-14-10/h6-9H,2-5H2,1H3,(H,16,17). The fourth-order valence-corrected chi connectivity index (χ4v) is 2.30. The number of nitrogens with zero attached hydrogens (tertiary/aromatic N) is 2. The van der Waals surface area contributed by atoms with Gasteiger partial charge < -0.3 is 5.32 Å². The van der Waals surface area contributed by atoms with Crippen LogP contribution in [0.2, 0.25) is 5.15 Å². The summed E-state index contributed by atoms with van der Waals surface area (Å²) in [5.41, 5.74) is 0.326. The fourth-order valence-electron chi connectivity index (χ4n) is 2.20. The predicted octanol–water partition coefficient (Wildman–Crippen LogP) is 2.44. The average Bonchev–Trinajstić information content (AvgIpc) is 2.33. The number of aromatic nitrogens is 2. The Hall–Kier alpha value is -1.16. The molecule has 0 bridgehead atoms. The molecule has 1 aromatic heterocycles. The first kappa shape index (κ1) is 12.3. The number of hydrogen-bond acceptors (Lipinski definition) is 3. The molecular formula is C12H16ClN3O. The third-order valence-corrected chi connectivity index (χ3v) is 3.48. The summed E-state index contributed by atoms with van der Waals surface area (Å²) in [7, 11) is 0. The van der Waals surface area contributed by atoms with Crippen molar-refractivity contribution in [2.24, 2.45) is 5.92 Å². The molecule has 1 aliphatic rings. The molecule has 0 spiro atoms. The molecule has 2 unspecified atom stereocenters. The Balaban J connectivity index is 1.98. The Bertz CT molecular complexity index is 393. The third kappa shape index (κ3) is 3.16. The van der Waals surface area contributed by atoms with Crippen LogP contribution in [0.3, 0.4) is 0 Å². The first-order valence-electron chi connectivity index (χ1n) is 5.95. The molecule has 2 rings (SSSR count). The van der Waals surface area contributed by atoms with Gasteiger partial charge in [0, 0.05) is 6.04 Å². The normalized spacial score (nSPS) is 24.4. The van der Waals surface area contributed by atoms with Gasteiger partial charge in [0.15, 0.2) is 0 Å². The minimum Gasteiger partial charge on any atom is -0.348 e. The fraction of sp³-hybridized carbons (Fsp3) is 0.583. The molecule has 1 aromatic rings.